The average molecular weight is 710 g/mol. The van der Waals surface area contributed by atoms with E-state index in [1.54, 1.807) is 10.9 Å². The molecule has 0 spiro atoms. The molecule has 52 heavy (non-hydrogen) atoms. The van der Waals surface area contributed by atoms with Crippen LogP contribution in [-0.4, -0.2) is 45.8 Å². The Bertz CT molecular complexity index is 1590. The molecule has 0 amide bonds. The highest BCUT2D eigenvalue weighted by Gasteiger charge is 2.48. The lowest BCUT2D eigenvalue weighted by atomic mass is 9.59. The molecule has 0 bridgehead atoms. The standard InChI is InChI=1S/C44H59N3O5/c1-6-34(2)28-37(36-20-12-9-13-21-36)30-44(38-22-14-10-15-23-38,39-24-16-11-17-25-39)33-43(4,42(50)51-5)29-35(3)41(49)52-27-19-8-7-18-26-47-31-40(32-48)45-46-47/h9-17,20-25,31,34-35,37,48H,6-8,18-19,26-30,32-33H2,1-5H3. The second-order valence-corrected chi connectivity index (χ2v) is 14.9. The minimum absolute atomic E-state index is 0.114. The first-order valence-corrected chi connectivity index (χ1v) is 19.0. The predicted molar refractivity (Wildman–Crippen MR) is 205 cm³/mol. The van der Waals surface area contributed by atoms with Crippen LogP contribution < -0.4 is 0 Å². The zero-order valence-electron chi connectivity index (χ0n) is 31.9. The van der Waals surface area contributed by atoms with Crippen molar-refractivity contribution in [3.8, 4) is 0 Å². The molecule has 280 valence electrons. The summed E-state index contributed by atoms with van der Waals surface area (Å²) in [4.78, 5) is 27.4. The lowest BCUT2D eigenvalue weighted by Gasteiger charge is -2.44. The summed E-state index contributed by atoms with van der Waals surface area (Å²) in [5.74, 6) is -0.371. The van der Waals surface area contributed by atoms with Gasteiger partial charge in [-0.2, -0.15) is 0 Å². The monoisotopic (exact) mass is 709 g/mol. The highest BCUT2D eigenvalue weighted by Crippen LogP contribution is 2.51. The van der Waals surface area contributed by atoms with Crippen LogP contribution in [0.15, 0.2) is 97.2 Å². The number of aryl methyl sites for hydroxylation is 1. The van der Waals surface area contributed by atoms with Crippen LogP contribution in [0.4, 0.5) is 0 Å². The molecule has 4 rings (SSSR count). The van der Waals surface area contributed by atoms with E-state index in [4.69, 9.17) is 9.47 Å². The van der Waals surface area contributed by atoms with Gasteiger partial charge in [0.05, 0.1) is 37.9 Å². The summed E-state index contributed by atoms with van der Waals surface area (Å²) in [5, 5.41) is 17.1. The van der Waals surface area contributed by atoms with Crippen molar-refractivity contribution in [1.29, 1.82) is 0 Å². The number of carbonyl (C=O) groups is 2. The summed E-state index contributed by atoms with van der Waals surface area (Å²) in [5.41, 5.74) is 2.60. The van der Waals surface area contributed by atoms with Crippen LogP contribution in [0.5, 0.6) is 0 Å². The van der Waals surface area contributed by atoms with Gasteiger partial charge in [0.15, 0.2) is 0 Å². The zero-order valence-corrected chi connectivity index (χ0v) is 31.9. The van der Waals surface area contributed by atoms with E-state index in [0.29, 0.717) is 31.1 Å². The van der Waals surface area contributed by atoms with Gasteiger partial charge >= 0.3 is 11.9 Å². The summed E-state index contributed by atoms with van der Waals surface area (Å²) < 4.78 is 13.1. The summed E-state index contributed by atoms with van der Waals surface area (Å²) in [6, 6.07) is 31.9. The number of methoxy groups -OCH3 is 1. The Kier molecular flexibility index (Phi) is 15.6. The first-order chi connectivity index (χ1) is 25.1. The van der Waals surface area contributed by atoms with E-state index in [9.17, 15) is 14.7 Å². The molecule has 0 saturated heterocycles. The number of benzene rings is 3. The number of carbonyl (C=O) groups excluding carboxylic acids is 2. The van der Waals surface area contributed by atoms with Crippen LogP contribution in [0.3, 0.4) is 0 Å². The minimum atomic E-state index is -0.992. The van der Waals surface area contributed by atoms with Gasteiger partial charge in [-0.15, -0.1) is 5.10 Å². The Balaban J connectivity index is 1.56. The molecular weight excluding hydrogens is 650 g/mol. The Morgan fingerprint density at radius 3 is 2.00 bits per heavy atom. The molecule has 0 aliphatic carbocycles. The minimum Gasteiger partial charge on any atom is -0.469 e. The van der Waals surface area contributed by atoms with Crippen LogP contribution in [0, 0.1) is 17.3 Å². The molecule has 8 nitrogen and oxygen atoms in total. The number of nitrogens with zero attached hydrogens (tertiary/aromatic N) is 3. The predicted octanol–water partition coefficient (Wildman–Crippen LogP) is 9.07. The van der Waals surface area contributed by atoms with Crippen LogP contribution in [0.2, 0.25) is 0 Å². The third-order valence-electron chi connectivity index (χ3n) is 10.7. The number of hydrogen-bond acceptors (Lipinski definition) is 7. The second-order valence-electron chi connectivity index (χ2n) is 14.9. The molecule has 1 aromatic heterocycles. The number of aromatic nitrogens is 3. The highest BCUT2D eigenvalue weighted by molar-refractivity contribution is 5.79. The van der Waals surface area contributed by atoms with Crippen LogP contribution in [0.1, 0.15) is 114 Å². The van der Waals surface area contributed by atoms with Gasteiger partial charge in [-0.3, -0.25) is 14.3 Å². The number of ether oxygens (including phenoxy) is 2. The van der Waals surface area contributed by atoms with Gasteiger partial charge in [-0.25, -0.2) is 0 Å². The number of hydrogen-bond donors (Lipinski definition) is 1. The zero-order chi connectivity index (χ0) is 37.4. The number of aliphatic hydroxyl groups excluding tert-OH is 1. The highest BCUT2D eigenvalue weighted by atomic mass is 16.5. The maximum atomic E-state index is 14.0. The molecule has 1 N–H and O–H groups in total. The molecule has 8 heteroatoms. The fourth-order valence-electron chi connectivity index (χ4n) is 7.79. The van der Waals surface area contributed by atoms with Crippen molar-refractivity contribution in [3.63, 3.8) is 0 Å². The molecule has 0 aliphatic heterocycles. The molecule has 1 heterocycles. The van der Waals surface area contributed by atoms with Gasteiger partial charge < -0.3 is 14.6 Å². The normalized spacial score (nSPS) is 14.6. The molecular formula is C44H59N3O5. The van der Waals surface area contributed by atoms with Crippen molar-refractivity contribution in [2.45, 2.75) is 110 Å². The third-order valence-corrected chi connectivity index (χ3v) is 10.7. The lowest BCUT2D eigenvalue weighted by Crippen LogP contribution is -2.42. The molecule has 3 aromatic carbocycles. The van der Waals surface area contributed by atoms with Gasteiger partial charge in [0, 0.05) is 12.0 Å². The van der Waals surface area contributed by atoms with E-state index in [1.165, 1.54) is 12.7 Å². The molecule has 0 aliphatic rings. The summed E-state index contributed by atoms with van der Waals surface area (Å²) in [7, 11) is 1.44. The summed E-state index contributed by atoms with van der Waals surface area (Å²) in [6.07, 6.45) is 8.97. The van der Waals surface area contributed by atoms with E-state index in [0.717, 1.165) is 62.6 Å². The van der Waals surface area contributed by atoms with Gasteiger partial charge in [0.1, 0.15) is 5.69 Å². The van der Waals surface area contributed by atoms with E-state index < -0.39 is 16.7 Å². The first kappa shape index (κ1) is 40.5. The van der Waals surface area contributed by atoms with Crippen LogP contribution >= 0.6 is 0 Å². The van der Waals surface area contributed by atoms with Crippen molar-refractivity contribution >= 4 is 11.9 Å². The number of aliphatic hydroxyl groups is 1. The second kappa shape index (κ2) is 20.1. The maximum absolute atomic E-state index is 14.0. The number of rotatable bonds is 22. The van der Waals surface area contributed by atoms with Crippen LogP contribution in [-0.2, 0) is 37.6 Å². The van der Waals surface area contributed by atoms with Crippen molar-refractivity contribution in [1.82, 2.24) is 15.0 Å². The SMILES string of the molecule is CCC(C)CC(CC(CC(C)(CC(C)C(=O)OCCCCCCn1cc(CO)nn1)C(=O)OC)(c1ccccc1)c1ccccc1)c1ccccc1. The Morgan fingerprint density at radius 1 is 0.846 bits per heavy atom. The molecule has 4 atom stereocenters. The Labute approximate surface area is 311 Å². The molecule has 0 fully saturated rings. The van der Waals surface area contributed by atoms with E-state index in [2.05, 4.69) is 103 Å². The molecule has 0 radical (unpaired) electrons. The van der Waals surface area contributed by atoms with E-state index in [-0.39, 0.29) is 24.5 Å². The average Bonchev–Trinajstić information content (AvgIpc) is 3.65. The molecule has 4 aromatic rings. The quantitative estimate of drug-likeness (QED) is 0.0642. The van der Waals surface area contributed by atoms with Crippen LogP contribution in [0.25, 0.3) is 0 Å². The maximum Gasteiger partial charge on any atom is 0.311 e. The van der Waals surface area contributed by atoms with Crippen molar-refractivity contribution in [2.75, 3.05) is 13.7 Å². The van der Waals surface area contributed by atoms with Crippen molar-refractivity contribution < 1.29 is 24.2 Å². The largest absolute Gasteiger partial charge is 0.469 e. The fourth-order valence-corrected chi connectivity index (χ4v) is 7.79. The molecule has 4 unspecified atom stereocenters. The molecule has 0 saturated carbocycles. The summed E-state index contributed by atoms with van der Waals surface area (Å²) >= 11 is 0. The summed E-state index contributed by atoms with van der Waals surface area (Å²) in [6.45, 7) is 9.35. The topological polar surface area (TPSA) is 104 Å². The lowest BCUT2D eigenvalue weighted by molar-refractivity contribution is -0.157. The third kappa shape index (κ3) is 11.1. The van der Waals surface area contributed by atoms with Gasteiger partial charge in [0.25, 0.3) is 0 Å². The number of unbranched alkanes of at least 4 members (excludes halogenated alkanes) is 3. The van der Waals surface area contributed by atoms with Gasteiger partial charge in [0.2, 0.25) is 0 Å². The number of esters is 2. The smallest absolute Gasteiger partial charge is 0.311 e. The Morgan fingerprint density at radius 2 is 1.44 bits per heavy atom. The first-order valence-electron chi connectivity index (χ1n) is 19.0. The van der Waals surface area contributed by atoms with Gasteiger partial charge in [-0.1, -0.05) is 130 Å². The van der Waals surface area contributed by atoms with Crippen molar-refractivity contribution in [2.24, 2.45) is 17.3 Å². The fraction of sp³-hybridized carbons (Fsp3) is 0.500. The van der Waals surface area contributed by atoms with Crippen molar-refractivity contribution in [3.05, 3.63) is 120 Å². The van der Waals surface area contributed by atoms with Gasteiger partial charge in [-0.05, 0) is 80.4 Å². The van der Waals surface area contributed by atoms with E-state index >= 15 is 0 Å². The Hall–Kier alpha value is -4.30. The van der Waals surface area contributed by atoms with E-state index in [1.807, 2.05) is 26.0 Å².